The number of β-lactam (4-membered cyclic amide) rings is 1. The molecule has 1 aromatic carbocycles. The molecule has 3 atom stereocenters. The molecule has 8 nitrogen and oxygen atoms in total. The Labute approximate surface area is 143 Å². The predicted molar refractivity (Wildman–Crippen MR) is 86.1 cm³/mol. The van der Waals surface area contributed by atoms with Crippen LogP contribution in [0, 0.1) is 5.92 Å². The predicted octanol–water partition coefficient (Wildman–Crippen LogP) is -0.0421. The van der Waals surface area contributed by atoms with Crippen molar-refractivity contribution in [3.63, 3.8) is 0 Å². The van der Waals surface area contributed by atoms with Crippen LogP contribution >= 0.6 is 0 Å². The van der Waals surface area contributed by atoms with Gasteiger partial charge in [0.1, 0.15) is 11.4 Å². The molecular weight excluding hydrogens is 328 g/mol. The Kier molecular flexibility index (Phi) is 4.22. The van der Waals surface area contributed by atoms with Crippen LogP contribution in [-0.4, -0.2) is 51.6 Å². The topological polar surface area (TPSA) is 130 Å². The van der Waals surface area contributed by atoms with E-state index in [0.717, 1.165) is 0 Å². The zero-order valence-corrected chi connectivity index (χ0v) is 13.5. The Hall–Kier alpha value is -2.87. The van der Waals surface area contributed by atoms with Crippen molar-refractivity contribution in [1.82, 2.24) is 4.90 Å². The SMILES string of the molecule is C[C@@H](O)[C@H]1C(=O)N2C(C(=O)O)=C(c3cccc(OCC(N)=O)c3)C[C@H]12. The maximum Gasteiger partial charge on any atom is 0.352 e. The van der Waals surface area contributed by atoms with Crippen LogP contribution in [0.15, 0.2) is 30.0 Å². The van der Waals surface area contributed by atoms with Crippen LogP contribution in [0.5, 0.6) is 5.75 Å². The highest BCUT2D eigenvalue weighted by atomic mass is 16.5. The van der Waals surface area contributed by atoms with E-state index in [-0.39, 0.29) is 24.3 Å². The molecule has 1 aromatic rings. The van der Waals surface area contributed by atoms with Crippen LogP contribution in [-0.2, 0) is 14.4 Å². The number of ether oxygens (including phenoxy) is 1. The highest BCUT2D eigenvalue weighted by Crippen LogP contribution is 2.47. The van der Waals surface area contributed by atoms with Gasteiger partial charge in [-0.05, 0) is 36.6 Å². The smallest absolute Gasteiger partial charge is 0.352 e. The third-order valence-corrected chi connectivity index (χ3v) is 4.49. The van der Waals surface area contributed by atoms with Crippen molar-refractivity contribution in [2.24, 2.45) is 11.7 Å². The molecule has 0 aliphatic carbocycles. The molecule has 0 aromatic heterocycles. The van der Waals surface area contributed by atoms with Gasteiger partial charge in [-0.1, -0.05) is 12.1 Å². The van der Waals surface area contributed by atoms with Crippen molar-refractivity contribution in [2.75, 3.05) is 6.61 Å². The van der Waals surface area contributed by atoms with Gasteiger partial charge in [-0.15, -0.1) is 0 Å². The minimum absolute atomic E-state index is 0.0704. The van der Waals surface area contributed by atoms with Gasteiger partial charge in [0.25, 0.3) is 5.91 Å². The maximum absolute atomic E-state index is 12.2. The summed E-state index contributed by atoms with van der Waals surface area (Å²) >= 11 is 0. The summed E-state index contributed by atoms with van der Waals surface area (Å²) in [6, 6.07) is 6.25. The maximum atomic E-state index is 12.2. The van der Waals surface area contributed by atoms with Gasteiger partial charge in [-0.25, -0.2) is 4.79 Å². The fourth-order valence-electron chi connectivity index (χ4n) is 3.46. The second kappa shape index (κ2) is 6.21. The highest BCUT2D eigenvalue weighted by Gasteiger charge is 2.56. The number of rotatable bonds is 6. The summed E-state index contributed by atoms with van der Waals surface area (Å²) in [5, 5.41) is 19.3. The summed E-state index contributed by atoms with van der Waals surface area (Å²) in [5.74, 6) is -2.42. The summed E-state index contributed by atoms with van der Waals surface area (Å²) in [6.45, 7) is 1.24. The normalized spacial score (nSPS) is 23.1. The fraction of sp³-hybridized carbons (Fsp3) is 0.353. The van der Waals surface area contributed by atoms with Gasteiger partial charge < -0.3 is 25.6 Å². The van der Waals surface area contributed by atoms with Crippen LogP contribution < -0.4 is 10.5 Å². The molecule has 25 heavy (non-hydrogen) atoms. The highest BCUT2D eigenvalue weighted by molar-refractivity contribution is 6.06. The second-order valence-electron chi connectivity index (χ2n) is 6.16. The number of carbonyl (C=O) groups excluding carboxylic acids is 2. The van der Waals surface area contributed by atoms with Gasteiger partial charge >= 0.3 is 5.97 Å². The molecule has 0 bridgehead atoms. The standard InChI is InChI=1S/C17H18N2O6/c1-8(20)14-12-6-11(15(17(23)24)19(12)16(14)22)9-3-2-4-10(5-9)25-7-13(18)21/h2-5,8,12,14,20H,6-7H2,1H3,(H2,18,21)(H,23,24)/t8-,12-,14-/m1/s1. The largest absolute Gasteiger partial charge is 0.484 e. The van der Waals surface area contributed by atoms with Crippen molar-refractivity contribution >= 4 is 23.4 Å². The molecule has 2 aliphatic rings. The molecular formula is C17H18N2O6. The van der Waals surface area contributed by atoms with E-state index in [1.165, 1.54) is 11.8 Å². The lowest BCUT2D eigenvalue weighted by atomic mass is 9.82. The number of primary amides is 1. The zero-order chi connectivity index (χ0) is 18.3. The molecule has 0 saturated carbocycles. The van der Waals surface area contributed by atoms with Gasteiger partial charge in [0, 0.05) is 0 Å². The van der Waals surface area contributed by atoms with Crippen molar-refractivity contribution in [2.45, 2.75) is 25.5 Å². The van der Waals surface area contributed by atoms with Gasteiger partial charge in [0.15, 0.2) is 6.61 Å². The van der Waals surface area contributed by atoms with Crippen LogP contribution in [0.4, 0.5) is 0 Å². The number of amides is 2. The number of carboxylic acids is 1. The third kappa shape index (κ3) is 2.85. The Morgan fingerprint density at radius 3 is 2.76 bits per heavy atom. The number of nitrogens with zero attached hydrogens (tertiary/aromatic N) is 1. The fourth-order valence-corrected chi connectivity index (χ4v) is 3.46. The first kappa shape index (κ1) is 17.0. The molecule has 2 heterocycles. The molecule has 3 rings (SSSR count). The first-order chi connectivity index (χ1) is 11.8. The monoisotopic (exact) mass is 346 g/mol. The lowest BCUT2D eigenvalue weighted by molar-refractivity contribution is -0.161. The zero-order valence-electron chi connectivity index (χ0n) is 13.5. The summed E-state index contributed by atoms with van der Waals surface area (Å²) in [6.07, 6.45) is -0.504. The average Bonchev–Trinajstić information content (AvgIpc) is 2.88. The van der Waals surface area contributed by atoms with Gasteiger partial charge in [0.05, 0.1) is 18.1 Å². The first-order valence-electron chi connectivity index (χ1n) is 7.80. The summed E-state index contributed by atoms with van der Waals surface area (Å²) in [4.78, 5) is 36.0. The summed E-state index contributed by atoms with van der Waals surface area (Å²) in [7, 11) is 0. The molecule has 0 spiro atoms. The molecule has 2 amide bonds. The summed E-state index contributed by atoms with van der Waals surface area (Å²) in [5.41, 5.74) is 6.06. The van der Waals surface area contributed by atoms with E-state index in [1.807, 2.05) is 0 Å². The number of carboxylic acid groups (broad SMARTS) is 1. The molecule has 132 valence electrons. The molecule has 1 fully saturated rings. The average molecular weight is 346 g/mol. The Balaban J connectivity index is 1.94. The van der Waals surface area contributed by atoms with E-state index >= 15 is 0 Å². The molecule has 2 aliphatic heterocycles. The van der Waals surface area contributed by atoms with Crippen molar-refractivity contribution in [3.8, 4) is 5.75 Å². The van der Waals surface area contributed by atoms with E-state index in [4.69, 9.17) is 10.5 Å². The van der Waals surface area contributed by atoms with E-state index in [2.05, 4.69) is 0 Å². The molecule has 4 N–H and O–H groups in total. The number of hydrogen-bond acceptors (Lipinski definition) is 5. The molecule has 1 saturated heterocycles. The lowest BCUT2D eigenvalue weighted by Gasteiger charge is -2.44. The van der Waals surface area contributed by atoms with Crippen LogP contribution in [0.2, 0.25) is 0 Å². The number of nitrogens with two attached hydrogens (primary N) is 1. The number of carbonyl (C=O) groups is 3. The first-order valence-corrected chi connectivity index (χ1v) is 7.80. The van der Waals surface area contributed by atoms with Gasteiger partial charge in [-0.3, -0.25) is 9.59 Å². The van der Waals surface area contributed by atoms with E-state index < -0.39 is 23.9 Å². The minimum Gasteiger partial charge on any atom is -0.484 e. The van der Waals surface area contributed by atoms with Gasteiger partial charge in [-0.2, -0.15) is 0 Å². The third-order valence-electron chi connectivity index (χ3n) is 4.49. The number of fused-ring (bicyclic) bond motifs is 1. The van der Waals surface area contributed by atoms with Gasteiger partial charge in [0.2, 0.25) is 5.91 Å². The minimum atomic E-state index is -1.20. The van der Waals surface area contributed by atoms with Crippen molar-refractivity contribution in [1.29, 1.82) is 0 Å². The summed E-state index contributed by atoms with van der Waals surface area (Å²) < 4.78 is 5.25. The number of benzene rings is 1. The molecule has 8 heteroatoms. The molecule has 0 radical (unpaired) electrons. The van der Waals surface area contributed by atoms with Crippen LogP contribution in [0.3, 0.4) is 0 Å². The lowest BCUT2D eigenvalue weighted by Crippen LogP contribution is -2.61. The van der Waals surface area contributed by atoms with E-state index in [9.17, 15) is 24.6 Å². The van der Waals surface area contributed by atoms with Crippen molar-refractivity contribution in [3.05, 3.63) is 35.5 Å². The van der Waals surface area contributed by atoms with E-state index in [1.54, 1.807) is 24.3 Å². The second-order valence-corrected chi connectivity index (χ2v) is 6.16. The van der Waals surface area contributed by atoms with E-state index in [0.29, 0.717) is 23.3 Å². The Morgan fingerprint density at radius 2 is 2.16 bits per heavy atom. The van der Waals surface area contributed by atoms with Crippen molar-refractivity contribution < 1.29 is 29.3 Å². The number of hydrogen-bond donors (Lipinski definition) is 3. The Morgan fingerprint density at radius 1 is 1.44 bits per heavy atom. The number of aliphatic hydroxyl groups is 1. The number of aliphatic carboxylic acids is 1. The molecule has 0 unspecified atom stereocenters. The van der Waals surface area contributed by atoms with Crippen LogP contribution in [0.1, 0.15) is 18.9 Å². The Bertz CT molecular complexity index is 785. The van der Waals surface area contributed by atoms with Crippen LogP contribution in [0.25, 0.3) is 5.57 Å². The quantitative estimate of drug-likeness (QED) is 0.620. The number of aliphatic hydroxyl groups excluding tert-OH is 1.